The van der Waals surface area contributed by atoms with E-state index in [-0.39, 0.29) is 6.04 Å². The minimum atomic E-state index is -3.43. The third-order valence-corrected chi connectivity index (χ3v) is 6.72. The molecular weight excluding hydrogens is 282 g/mol. The summed E-state index contributed by atoms with van der Waals surface area (Å²) < 4.78 is 27.4. The fourth-order valence-electron chi connectivity index (χ4n) is 2.00. The third-order valence-electron chi connectivity index (χ3n) is 3.19. The van der Waals surface area contributed by atoms with Crippen molar-refractivity contribution < 1.29 is 8.42 Å². The zero-order valence-electron chi connectivity index (χ0n) is 11.6. The number of thiazole rings is 1. The van der Waals surface area contributed by atoms with Gasteiger partial charge in [0.25, 0.3) is 10.0 Å². The van der Waals surface area contributed by atoms with Crippen LogP contribution in [-0.4, -0.2) is 30.3 Å². The molecule has 0 amide bonds. The summed E-state index contributed by atoms with van der Waals surface area (Å²) in [7, 11) is -3.43. The average molecular weight is 303 g/mol. The summed E-state index contributed by atoms with van der Waals surface area (Å²) in [4.78, 5) is 4.03. The number of sulfonamides is 1. The van der Waals surface area contributed by atoms with Gasteiger partial charge in [0, 0.05) is 12.6 Å². The van der Waals surface area contributed by atoms with Gasteiger partial charge in [0.1, 0.15) is 0 Å². The summed E-state index contributed by atoms with van der Waals surface area (Å²) in [6, 6.07) is 0.173. The molecule has 0 aliphatic heterocycles. The van der Waals surface area contributed by atoms with E-state index in [9.17, 15) is 8.42 Å². The number of aryl methyl sites for hydroxylation is 1. The highest BCUT2D eigenvalue weighted by molar-refractivity contribution is 7.91. The molecule has 0 unspecified atom stereocenters. The Labute approximate surface area is 118 Å². The highest BCUT2D eigenvalue weighted by Gasteiger charge is 2.39. The molecule has 1 heterocycles. The molecule has 0 radical (unpaired) electrons. The van der Waals surface area contributed by atoms with E-state index in [0.717, 1.165) is 30.6 Å². The largest absolute Gasteiger partial charge is 0.375 e. The van der Waals surface area contributed by atoms with Gasteiger partial charge >= 0.3 is 0 Å². The molecule has 0 saturated heterocycles. The number of nitrogens with zero attached hydrogens (tertiary/aromatic N) is 2. The minimum absolute atomic E-state index is 0.173. The van der Waals surface area contributed by atoms with Gasteiger partial charge in [0.05, 0.1) is 5.69 Å². The van der Waals surface area contributed by atoms with Crippen LogP contribution in [0.2, 0.25) is 0 Å². The first-order valence-corrected chi connectivity index (χ1v) is 8.82. The molecule has 1 aromatic rings. The Kier molecular flexibility index (Phi) is 4.17. The van der Waals surface area contributed by atoms with Crippen LogP contribution in [-0.2, 0) is 10.0 Å². The van der Waals surface area contributed by atoms with E-state index < -0.39 is 10.0 Å². The predicted molar refractivity (Wildman–Crippen MR) is 77.6 cm³/mol. The monoisotopic (exact) mass is 303 g/mol. The second-order valence-electron chi connectivity index (χ2n) is 5.45. The SMILES string of the molecule is Cc1nc(N)sc1S(=O)(=O)N(CCC(C)C)C1CC1. The van der Waals surface area contributed by atoms with Crippen LogP contribution in [0.3, 0.4) is 0 Å². The van der Waals surface area contributed by atoms with Crippen LogP contribution in [0.4, 0.5) is 5.13 Å². The maximum absolute atomic E-state index is 12.7. The van der Waals surface area contributed by atoms with Crippen LogP contribution in [0, 0.1) is 12.8 Å². The summed E-state index contributed by atoms with van der Waals surface area (Å²) >= 11 is 1.07. The molecule has 1 saturated carbocycles. The molecular formula is C12H21N3O2S2. The zero-order chi connectivity index (χ0) is 14.2. The van der Waals surface area contributed by atoms with Crippen LogP contribution in [0.1, 0.15) is 38.8 Å². The molecule has 0 spiro atoms. The maximum Gasteiger partial charge on any atom is 0.254 e. The first-order valence-electron chi connectivity index (χ1n) is 6.57. The lowest BCUT2D eigenvalue weighted by molar-refractivity contribution is 0.374. The third kappa shape index (κ3) is 3.27. The zero-order valence-corrected chi connectivity index (χ0v) is 13.2. The Bertz CT molecular complexity index is 547. The molecule has 1 aliphatic carbocycles. The maximum atomic E-state index is 12.7. The predicted octanol–water partition coefficient (Wildman–Crippen LogP) is 2.23. The van der Waals surface area contributed by atoms with Crippen molar-refractivity contribution in [2.75, 3.05) is 12.3 Å². The Morgan fingerprint density at radius 3 is 2.53 bits per heavy atom. The average Bonchev–Trinajstić information content (AvgIpc) is 3.03. The van der Waals surface area contributed by atoms with Crippen molar-refractivity contribution in [3.8, 4) is 0 Å². The van der Waals surface area contributed by atoms with Gasteiger partial charge in [-0.3, -0.25) is 0 Å². The number of nitrogen functional groups attached to an aromatic ring is 1. The van der Waals surface area contributed by atoms with Crippen LogP contribution < -0.4 is 5.73 Å². The van der Waals surface area contributed by atoms with Crippen LogP contribution in [0.25, 0.3) is 0 Å². The number of anilines is 1. The van der Waals surface area contributed by atoms with E-state index in [1.807, 2.05) is 0 Å². The van der Waals surface area contributed by atoms with Crippen molar-refractivity contribution in [3.63, 3.8) is 0 Å². The molecule has 0 aromatic carbocycles. The molecule has 19 heavy (non-hydrogen) atoms. The van der Waals surface area contributed by atoms with Crippen molar-refractivity contribution in [1.82, 2.24) is 9.29 Å². The Morgan fingerprint density at radius 2 is 2.11 bits per heavy atom. The number of hydrogen-bond acceptors (Lipinski definition) is 5. The van der Waals surface area contributed by atoms with E-state index in [1.165, 1.54) is 0 Å². The molecule has 1 aromatic heterocycles. The van der Waals surface area contributed by atoms with Gasteiger partial charge in [-0.15, -0.1) is 0 Å². The number of rotatable bonds is 6. The van der Waals surface area contributed by atoms with Gasteiger partial charge < -0.3 is 5.73 Å². The normalized spacial score (nSPS) is 16.5. The van der Waals surface area contributed by atoms with Gasteiger partial charge in [-0.05, 0) is 32.1 Å². The highest BCUT2D eigenvalue weighted by atomic mass is 32.2. The second kappa shape index (κ2) is 5.38. The smallest absolute Gasteiger partial charge is 0.254 e. The first-order chi connectivity index (χ1) is 8.82. The topological polar surface area (TPSA) is 76.3 Å². The number of aromatic nitrogens is 1. The minimum Gasteiger partial charge on any atom is -0.375 e. The molecule has 5 nitrogen and oxygen atoms in total. The fraction of sp³-hybridized carbons (Fsp3) is 0.750. The van der Waals surface area contributed by atoms with Crippen LogP contribution in [0.15, 0.2) is 4.21 Å². The molecule has 0 atom stereocenters. The summed E-state index contributed by atoms with van der Waals surface area (Å²) in [5, 5.41) is 0.315. The Hall–Kier alpha value is -0.660. The van der Waals surface area contributed by atoms with E-state index in [1.54, 1.807) is 11.2 Å². The van der Waals surface area contributed by atoms with E-state index in [0.29, 0.717) is 27.5 Å². The highest BCUT2D eigenvalue weighted by Crippen LogP contribution is 2.35. The summed E-state index contributed by atoms with van der Waals surface area (Å²) in [5.74, 6) is 0.490. The molecule has 7 heteroatoms. The Morgan fingerprint density at radius 1 is 1.47 bits per heavy atom. The first kappa shape index (κ1) is 14.7. The van der Waals surface area contributed by atoms with E-state index in [2.05, 4.69) is 18.8 Å². The molecule has 2 N–H and O–H groups in total. The number of hydrogen-bond donors (Lipinski definition) is 1. The molecule has 108 valence electrons. The van der Waals surface area contributed by atoms with Crippen molar-refractivity contribution in [3.05, 3.63) is 5.69 Å². The van der Waals surface area contributed by atoms with Crippen LogP contribution in [0.5, 0.6) is 0 Å². The van der Waals surface area contributed by atoms with Crippen molar-refractivity contribution in [2.24, 2.45) is 5.92 Å². The van der Waals surface area contributed by atoms with E-state index in [4.69, 9.17) is 5.73 Å². The Balaban J connectivity index is 2.26. The summed E-state index contributed by atoms with van der Waals surface area (Å²) in [6.07, 6.45) is 2.80. The standard InChI is InChI=1S/C12H21N3O2S2/c1-8(2)6-7-15(10-4-5-10)19(16,17)11-9(3)14-12(13)18-11/h8,10H,4-7H2,1-3H3,(H2,13,14). The van der Waals surface area contributed by atoms with Crippen molar-refractivity contribution in [2.45, 2.75) is 50.3 Å². The molecule has 0 bridgehead atoms. The van der Waals surface area contributed by atoms with E-state index >= 15 is 0 Å². The number of nitrogens with two attached hydrogens (primary N) is 1. The summed E-state index contributed by atoms with van der Waals surface area (Å²) in [6.45, 7) is 6.50. The molecule has 1 aliphatic rings. The quantitative estimate of drug-likeness (QED) is 0.874. The van der Waals surface area contributed by atoms with Gasteiger partial charge in [-0.25, -0.2) is 13.4 Å². The van der Waals surface area contributed by atoms with Crippen molar-refractivity contribution in [1.29, 1.82) is 0 Å². The lowest BCUT2D eigenvalue weighted by atomic mass is 10.1. The lowest BCUT2D eigenvalue weighted by Crippen LogP contribution is -2.34. The lowest BCUT2D eigenvalue weighted by Gasteiger charge is -2.22. The fourth-order valence-corrected chi connectivity index (χ4v) is 5.11. The van der Waals surface area contributed by atoms with Gasteiger partial charge in [-0.2, -0.15) is 4.31 Å². The molecule has 2 rings (SSSR count). The van der Waals surface area contributed by atoms with Crippen molar-refractivity contribution >= 4 is 26.5 Å². The summed E-state index contributed by atoms with van der Waals surface area (Å²) in [5.41, 5.74) is 6.13. The van der Waals surface area contributed by atoms with Gasteiger partial charge in [-0.1, -0.05) is 25.2 Å². The van der Waals surface area contributed by atoms with Crippen LogP contribution >= 0.6 is 11.3 Å². The molecule has 1 fully saturated rings. The second-order valence-corrected chi connectivity index (χ2v) is 8.57. The van der Waals surface area contributed by atoms with Gasteiger partial charge in [0.15, 0.2) is 9.34 Å². The van der Waals surface area contributed by atoms with Gasteiger partial charge in [0.2, 0.25) is 0 Å².